The van der Waals surface area contributed by atoms with Gasteiger partial charge in [-0.3, -0.25) is 4.99 Å². The molecule has 1 aromatic heterocycles. The number of aliphatic imine (C=N–C) groups is 1. The quantitative estimate of drug-likeness (QED) is 0.183. The van der Waals surface area contributed by atoms with Gasteiger partial charge in [-0.2, -0.15) is 13.2 Å². The third kappa shape index (κ3) is 10.6. The first kappa shape index (κ1) is 27.6. The van der Waals surface area contributed by atoms with E-state index in [1.54, 1.807) is 7.05 Å². The topological polar surface area (TPSA) is 67.8 Å². The van der Waals surface area contributed by atoms with Gasteiger partial charge >= 0.3 is 6.18 Å². The molecule has 0 spiro atoms. The van der Waals surface area contributed by atoms with Gasteiger partial charge in [-0.05, 0) is 18.1 Å². The van der Waals surface area contributed by atoms with E-state index >= 15 is 0 Å². The Bertz CT molecular complexity index is 803. The summed E-state index contributed by atoms with van der Waals surface area (Å²) >= 11 is 1.01. The predicted octanol–water partition coefficient (Wildman–Crippen LogP) is 4.24. The fraction of sp³-hybridized carbons (Fsp3) is 0.500. The molecule has 0 fully saturated rings. The van der Waals surface area contributed by atoms with Crippen LogP contribution in [0.25, 0.3) is 0 Å². The van der Waals surface area contributed by atoms with Crippen LogP contribution in [0.4, 0.5) is 13.2 Å². The van der Waals surface area contributed by atoms with Gasteiger partial charge in [0.05, 0.1) is 24.8 Å². The monoisotopic (exact) mass is 572 g/mol. The van der Waals surface area contributed by atoms with Gasteiger partial charge in [-0.15, -0.1) is 35.3 Å². The number of nitrogens with zero attached hydrogens (tertiary/aromatic N) is 2. The summed E-state index contributed by atoms with van der Waals surface area (Å²) < 4.78 is 48.6. The molecule has 1 aromatic carbocycles. The molecule has 0 saturated carbocycles. The molecule has 0 atom stereocenters. The van der Waals surface area contributed by atoms with Gasteiger partial charge in [-0.1, -0.05) is 24.3 Å². The fourth-order valence-corrected chi connectivity index (χ4v) is 3.34. The maximum Gasteiger partial charge on any atom is 0.434 e. The van der Waals surface area contributed by atoms with E-state index in [9.17, 15) is 13.2 Å². The number of nitrogens with one attached hydrogen (secondary N) is 2. The molecule has 0 radical (unpaired) electrons. The Hall–Kier alpha value is -1.44. The molecule has 31 heavy (non-hydrogen) atoms. The zero-order valence-corrected chi connectivity index (χ0v) is 20.6. The van der Waals surface area contributed by atoms with Crippen molar-refractivity contribution < 1.29 is 22.6 Å². The normalized spacial score (nSPS) is 11.8. The van der Waals surface area contributed by atoms with Crippen molar-refractivity contribution in [3.8, 4) is 0 Å². The number of guanidine groups is 1. The second kappa shape index (κ2) is 14.6. The van der Waals surface area contributed by atoms with Crippen LogP contribution < -0.4 is 10.6 Å². The molecule has 0 bridgehead atoms. The summed E-state index contributed by atoms with van der Waals surface area (Å²) in [6, 6.07) is 8.02. The highest BCUT2D eigenvalue weighted by molar-refractivity contribution is 14.0. The van der Waals surface area contributed by atoms with Gasteiger partial charge in [0.15, 0.2) is 11.7 Å². The summed E-state index contributed by atoms with van der Waals surface area (Å²) in [6.45, 7) is 5.26. The average Bonchev–Trinajstić information content (AvgIpc) is 3.20. The van der Waals surface area contributed by atoms with Gasteiger partial charge in [0.1, 0.15) is 0 Å². The Kier molecular flexibility index (Phi) is 13.0. The summed E-state index contributed by atoms with van der Waals surface area (Å²) in [5.74, 6) is 0.570. The van der Waals surface area contributed by atoms with E-state index in [-0.39, 0.29) is 24.0 Å². The predicted molar refractivity (Wildman–Crippen MR) is 127 cm³/mol. The van der Waals surface area contributed by atoms with Gasteiger partial charge in [0.2, 0.25) is 0 Å². The van der Waals surface area contributed by atoms with Gasteiger partial charge < -0.3 is 20.1 Å². The molecule has 0 aliphatic heterocycles. The minimum absolute atomic E-state index is 0. The van der Waals surface area contributed by atoms with Crippen molar-refractivity contribution in [1.82, 2.24) is 15.6 Å². The lowest BCUT2D eigenvalue weighted by Crippen LogP contribution is -2.37. The molecule has 0 aliphatic carbocycles. The lowest BCUT2D eigenvalue weighted by Gasteiger charge is -2.12. The molecule has 2 rings (SSSR count). The fourth-order valence-electron chi connectivity index (χ4n) is 2.53. The lowest BCUT2D eigenvalue weighted by atomic mass is 10.1. The summed E-state index contributed by atoms with van der Waals surface area (Å²) in [7, 11) is 1.64. The van der Waals surface area contributed by atoms with Crippen LogP contribution in [0, 0.1) is 0 Å². The van der Waals surface area contributed by atoms with Crippen molar-refractivity contribution in [1.29, 1.82) is 0 Å². The van der Waals surface area contributed by atoms with Crippen LogP contribution in [0.2, 0.25) is 0 Å². The Morgan fingerprint density at radius 2 is 1.90 bits per heavy atom. The van der Waals surface area contributed by atoms with Crippen molar-refractivity contribution in [2.24, 2.45) is 4.99 Å². The van der Waals surface area contributed by atoms with Crippen LogP contribution in [0.3, 0.4) is 0 Å². The summed E-state index contributed by atoms with van der Waals surface area (Å²) in [5, 5.41) is 7.75. The largest absolute Gasteiger partial charge is 0.434 e. The maximum atomic E-state index is 12.6. The molecule has 2 aromatic rings. The van der Waals surface area contributed by atoms with Crippen molar-refractivity contribution in [2.45, 2.75) is 32.7 Å². The Balaban J connectivity index is 0.00000480. The SMILES string of the molecule is CCOCCOCc1cccc(CNC(=NC)NCCc2nc(C(F)(F)F)cs2)c1.I. The average molecular weight is 572 g/mol. The molecule has 1 heterocycles. The van der Waals surface area contributed by atoms with Gasteiger partial charge in [0, 0.05) is 38.5 Å². The minimum atomic E-state index is -4.40. The smallest absolute Gasteiger partial charge is 0.379 e. The van der Waals surface area contributed by atoms with E-state index in [1.165, 1.54) is 0 Å². The Morgan fingerprint density at radius 3 is 2.58 bits per heavy atom. The van der Waals surface area contributed by atoms with Crippen LogP contribution in [-0.4, -0.2) is 44.4 Å². The number of benzene rings is 1. The first-order valence-corrected chi connectivity index (χ1v) is 10.5. The third-order valence-corrected chi connectivity index (χ3v) is 4.90. The second-order valence-electron chi connectivity index (χ2n) is 6.30. The summed E-state index contributed by atoms with van der Waals surface area (Å²) in [5.41, 5.74) is 1.29. The van der Waals surface area contributed by atoms with E-state index in [0.29, 0.717) is 56.9 Å². The highest BCUT2D eigenvalue weighted by Crippen LogP contribution is 2.29. The molecule has 174 valence electrons. The first-order valence-electron chi connectivity index (χ1n) is 9.61. The summed E-state index contributed by atoms with van der Waals surface area (Å²) in [6.07, 6.45) is -4.02. The standard InChI is InChI=1S/C20H27F3N4O2S.HI/c1-3-28-9-10-29-13-16-6-4-5-15(11-16)12-26-19(24-2)25-8-7-18-27-17(14-30-18)20(21,22)23;/h4-6,11,14H,3,7-10,12-13H2,1-2H3,(H2,24,25,26);1H. The maximum absolute atomic E-state index is 12.6. The molecule has 6 nitrogen and oxygen atoms in total. The minimum Gasteiger partial charge on any atom is -0.379 e. The van der Waals surface area contributed by atoms with Gasteiger partial charge in [0.25, 0.3) is 0 Å². The number of halogens is 4. The van der Waals surface area contributed by atoms with Crippen LogP contribution in [0.15, 0.2) is 34.6 Å². The molecular weight excluding hydrogens is 544 g/mol. The van der Waals surface area contributed by atoms with E-state index in [4.69, 9.17) is 9.47 Å². The van der Waals surface area contributed by atoms with Crippen LogP contribution >= 0.6 is 35.3 Å². The number of hydrogen-bond acceptors (Lipinski definition) is 5. The van der Waals surface area contributed by atoms with Crippen molar-refractivity contribution >= 4 is 41.3 Å². The number of rotatable bonds is 11. The number of hydrogen-bond donors (Lipinski definition) is 2. The van der Waals surface area contributed by atoms with E-state index in [1.807, 2.05) is 25.1 Å². The third-order valence-electron chi connectivity index (χ3n) is 3.99. The zero-order chi connectivity index (χ0) is 21.8. The summed E-state index contributed by atoms with van der Waals surface area (Å²) in [4.78, 5) is 7.76. The lowest BCUT2D eigenvalue weighted by molar-refractivity contribution is -0.140. The van der Waals surface area contributed by atoms with Crippen molar-refractivity contribution in [2.75, 3.05) is 33.4 Å². The van der Waals surface area contributed by atoms with E-state index < -0.39 is 11.9 Å². The molecule has 0 aliphatic rings. The van der Waals surface area contributed by atoms with Crippen LogP contribution in [0.1, 0.15) is 28.8 Å². The zero-order valence-electron chi connectivity index (χ0n) is 17.5. The number of aromatic nitrogens is 1. The van der Waals surface area contributed by atoms with Gasteiger partial charge in [-0.25, -0.2) is 4.98 Å². The molecule has 11 heteroatoms. The molecule has 0 unspecified atom stereocenters. The Morgan fingerprint density at radius 1 is 1.16 bits per heavy atom. The number of thiazole rings is 1. The van der Waals surface area contributed by atoms with E-state index in [2.05, 4.69) is 26.7 Å². The van der Waals surface area contributed by atoms with Crippen LogP contribution in [-0.2, 0) is 35.2 Å². The highest BCUT2D eigenvalue weighted by atomic mass is 127. The van der Waals surface area contributed by atoms with E-state index in [0.717, 1.165) is 27.8 Å². The highest BCUT2D eigenvalue weighted by Gasteiger charge is 2.33. The first-order chi connectivity index (χ1) is 14.4. The number of ether oxygens (including phenoxy) is 2. The second-order valence-corrected chi connectivity index (χ2v) is 7.24. The molecule has 0 amide bonds. The van der Waals surface area contributed by atoms with Crippen molar-refractivity contribution in [3.63, 3.8) is 0 Å². The van der Waals surface area contributed by atoms with Crippen LogP contribution in [0.5, 0.6) is 0 Å². The Labute approximate surface area is 201 Å². The number of alkyl halides is 3. The van der Waals surface area contributed by atoms with Crippen molar-refractivity contribution in [3.05, 3.63) is 51.5 Å². The molecule has 2 N–H and O–H groups in total. The molecule has 0 saturated heterocycles. The molecular formula is C20H28F3IN4O2S.